The van der Waals surface area contributed by atoms with E-state index in [1.54, 1.807) is 11.3 Å². The van der Waals surface area contributed by atoms with E-state index in [1.165, 1.54) is 6.92 Å². The number of nitrogens with one attached hydrogen (secondary N) is 2. The van der Waals surface area contributed by atoms with Crippen molar-refractivity contribution in [2.75, 3.05) is 20.1 Å². The fraction of sp³-hybridized carbons (Fsp3) is 0.588. The number of thiazole rings is 1. The van der Waals surface area contributed by atoms with E-state index in [0.717, 1.165) is 29.9 Å². The first-order valence-corrected chi connectivity index (χ1v) is 9.55. The van der Waals surface area contributed by atoms with E-state index in [-0.39, 0.29) is 17.9 Å². The maximum Gasteiger partial charge on any atom is 0.221 e. The Bertz CT molecular complexity index is 712. The van der Waals surface area contributed by atoms with Crippen molar-refractivity contribution in [1.29, 1.82) is 0 Å². The van der Waals surface area contributed by atoms with E-state index in [4.69, 9.17) is 0 Å². The van der Waals surface area contributed by atoms with Gasteiger partial charge in [0, 0.05) is 62.7 Å². The molecule has 2 atom stereocenters. The summed E-state index contributed by atoms with van der Waals surface area (Å²) in [6.45, 7) is 2.79. The van der Waals surface area contributed by atoms with E-state index < -0.39 is 0 Å². The van der Waals surface area contributed by atoms with Crippen LogP contribution in [0.4, 0.5) is 0 Å². The number of nitrogens with zero attached hydrogens (tertiary/aromatic N) is 3. The Morgan fingerprint density at radius 2 is 2.12 bits per heavy atom. The summed E-state index contributed by atoms with van der Waals surface area (Å²) in [7, 11) is 2.04. The van der Waals surface area contributed by atoms with Gasteiger partial charge in [-0.25, -0.2) is 4.98 Å². The first-order chi connectivity index (χ1) is 12.0. The predicted molar refractivity (Wildman–Crippen MR) is 97.7 cm³/mol. The summed E-state index contributed by atoms with van der Waals surface area (Å²) in [6, 6.07) is 0.567. The molecule has 1 aliphatic heterocycles. The normalized spacial score (nSPS) is 20.9. The number of likely N-dealkylation sites (N-methyl/N-ethyl adjacent to an activating group) is 1. The molecule has 25 heavy (non-hydrogen) atoms. The van der Waals surface area contributed by atoms with Gasteiger partial charge in [-0.3, -0.25) is 18.9 Å². The topological polar surface area (TPSA) is 78.7 Å². The van der Waals surface area contributed by atoms with Crippen LogP contribution in [0.15, 0.2) is 17.8 Å². The summed E-state index contributed by atoms with van der Waals surface area (Å²) in [5.41, 5.74) is 1.00. The number of carbonyl (C=O) groups excluding carboxylic acids is 2. The molecule has 136 valence electrons. The predicted octanol–water partition coefficient (Wildman–Crippen LogP) is 1.04. The largest absolute Gasteiger partial charge is 0.356 e. The SMILES string of the molecule is CC(=O)NC[C@H]1CC[C@@H](CC(=O)NCCc2cn3ccsc3n2)N1C. The Hall–Kier alpha value is -1.93. The number of amides is 2. The van der Waals surface area contributed by atoms with Crippen molar-refractivity contribution in [3.8, 4) is 0 Å². The zero-order chi connectivity index (χ0) is 17.8. The molecular weight excluding hydrogens is 338 g/mol. The van der Waals surface area contributed by atoms with Crippen LogP contribution < -0.4 is 10.6 Å². The third-order valence-corrected chi connectivity index (χ3v) is 5.61. The molecule has 0 aromatic carbocycles. The zero-order valence-corrected chi connectivity index (χ0v) is 15.5. The van der Waals surface area contributed by atoms with Gasteiger partial charge >= 0.3 is 0 Å². The fourth-order valence-corrected chi connectivity index (χ4v) is 4.08. The minimum atomic E-state index is -0.00579. The molecule has 0 spiro atoms. The summed E-state index contributed by atoms with van der Waals surface area (Å²) >= 11 is 1.61. The van der Waals surface area contributed by atoms with Crippen LogP contribution in [0.5, 0.6) is 0 Å². The lowest BCUT2D eigenvalue weighted by Crippen LogP contribution is -2.42. The monoisotopic (exact) mass is 363 g/mol. The molecule has 3 heterocycles. The number of carbonyl (C=O) groups is 2. The van der Waals surface area contributed by atoms with Crippen molar-refractivity contribution in [1.82, 2.24) is 24.9 Å². The van der Waals surface area contributed by atoms with Crippen molar-refractivity contribution in [2.24, 2.45) is 0 Å². The van der Waals surface area contributed by atoms with E-state index in [2.05, 4.69) is 20.5 Å². The van der Waals surface area contributed by atoms with Gasteiger partial charge in [-0.2, -0.15) is 0 Å². The van der Waals surface area contributed by atoms with E-state index in [1.807, 2.05) is 29.2 Å². The third kappa shape index (κ3) is 4.58. The van der Waals surface area contributed by atoms with Crippen molar-refractivity contribution in [3.05, 3.63) is 23.5 Å². The molecule has 0 aliphatic carbocycles. The van der Waals surface area contributed by atoms with Gasteiger partial charge in [0.15, 0.2) is 4.96 Å². The molecule has 0 unspecified atom stereocenters. The average molecular weight is 363 g/mol. The van der Waals surface area contributed by atoms with Crippen LogP contribution in [-0.4, -0.2) is 58.3 Å². The van der Waals surface area contributed by atoms with Gasteiger partial charge in [-0.05, 0) is 19.9 Å². The lowest BCUT2D eigenvalue weighted by atomic mass is 10.1. The second kappa shape index (κ2) is 7.97. The first-order valence-electron chi connectivity index (χ1n) is 8.67. The van der Waals surface area contributed by atoms with Gasteiger partial charge in [0.05, 0.1) is 5.69 Å². The Morgan fingerprint density at radius 1 is 1.32 bits per heavy atom. The van der Waals surface area contributed by atoms with Crippen LogP contribution in [0.1, 0.15) is 31.9 Å². The molecule has 1 aliphatic rings. The number of hydrogen-bond donors (Lipinski definition) is 2. The summed E-state index contributed by atoms with van der Waals surface area (Å²) in [5.74, 6) is 0.0757. The van der Waals surface area contributed by atoms with Gasteiger partial charge in [-0.1, -0.05) is 0 Å². The highest BCUT2D eigenvalue weighted by Crippen LogP contribution is 2.24. The number of likely N-dealkylation sites (tertiary alicyclic amines) is 1. The highest BCUT2D eigenvalue weighted by molar-refractivity contribution is 7.15. The molecule has 2 aromatic heterocycles. The number of imidazole rings is 1. The molecule has 0 saturated carbocycles. The quantitative estimate of drug-likeness (QED) is 0.771. The fourth-order valence-electron chi connectivity index (χ4n) is 3.36. The van der Waals surface area contributed by atoms with Crippen molar-refractivity contribution >= 4 is 28.1 Å². The average Bonchev–Trinajstić information content (AvgIpc) is 3.22. The maximum atomic E-state index is 12.2. The molecule has 2 amide bonds. The van der Waals surface area contributed by atoms with Gasteiger partial charge in [-0.15, -0.1) is 11.3 Å². The Balaban J connectivity index is 1.38. The second-order valence-electron chi connectivity index (χ2n) is 6.62. The van der Waals surface area contributed by atoms with E-state index in [9.17, 15) is 9.59 Å². The summed E-state index contributed by atoms with van der Waals surface area (Å²) in [6.07, 6.45) is 7.25. The summed E-state index contributed by atoms with van der Waals surface area (Å²) in [4.78, 5) is 31.0. The van der Waals surface area contributed by atoms with Crippen LogP contribution >= 0.6 is 11.3 Å². The van der Waals surface area contributed by atoms with E-state index >= 15 is 0 Å². The van der Waals surface area contributed by atoms with Gasteiger partial charge < -0.3 is 10.6 Å². The number of fused-ring (bicyclic) bond motifs is 1. The molecule has 2 N–H and O–H groups in total. The van der Waals surface area contributed by atoms with E-state index in [0.29, 0.717) is 25.6 Å². The summed E-state index contributed by atoms with van der Waals surface area (Å²) < 4.78 is 2.00. The van der Waals surface area contributed by atoms with Crippen LogP contribution in [0.3, 0.4) is 0 Å². The first kappa shape index (κ1) is 17.9. The van der Waals surface area contributed by atoms with Crippen molar-refractivity contribution in [3.63, 3.8) is 0 Å². The molecule has 1 saturated heterocycles. The van der Waals surface area contributed by atoms with Gasteiger partial charge in [0.25, 0.3) is 0 Å². The lowest BCUT2D eigenvalue weighted by molar-refractivity contribution is -0.122. The maximum absolute atomic E-state index is 12.2. The van der Waals surface area contributed by atoms with Crippen LogP contribution in [-0.2, 0) is 16.0 Å². The molecule has 2 aromatic rings. The molecule has 0 radical (unpaired) electrons. The molecule has 7 nitrogen and oxygen atoms in total. The highest BCUT2D eigenvalue weighted by Gasteiger charge is 2.31. The number of hydrogen-bond acceptors (Lipinski definition) is 5. The Labute approximate surface area is 151 Å². The molecule has 0 bridgehead atoms. The second-order valence-corrected chi connectivity index (χ2v) is 7.49. The molecule has 3 rings (SSSR count). The molecule has 1 fully saturated rings. The molecular formula is C17H25N5O2S. The number of aromatic nitrogens is 2. The van der Waals surface area contributed by atoms with Crippen molar-refractivity contribution in [2.45, 2.75) is 44.7 Å². The summed E-state index contributed by atoms with van der Waals surface area (Å²) in [5, 5.41) is 7.87. The molecule has 8 heteroatoms. The van der Waals surface area contributed by atoms with Crippen LogP contribution in [0, 0.1) is 0 Å². The Kier molecular flexibility index (Phi) is 5.70. The third-order valence-electron chi connectivity index (χ3n) is 4.84. The standard InChI is InChI=1S/C17H25N5O2S/c1-12(23)19-10-15-4-3-14(21(15)2)9-16(24)18-6-5-13-11-22-7-8-25-17(22)20-13/h7-8,11,14-15H,3-6,9-10H2,1-2H3,(H,18,24)(H,19,23)/t14-,15+/m0/s1. The highest BCUT2D eigenvalue weighted by atomic mass is 32.1. The smallest absolute Gasteiger partial charge is 0.221 e. The minimum Gasteiger partial charge on any atom is -0.356 e. The van der Waals surface area contributed by atoms with Gasteiger partial charge in [0.1, 0.15) is 0 Å². The minimum absolute atomic E-state index is 0.00579. The van der Waals surface area contributed by atoms with Crippen LogP contribution in [0.25, 0.3) is 4.96 Å². The van der Waals surface area contributed by atoms with Crippen molar-refractivity contribution < 1.29 is 9.59 Å². The van der Waals surface area contributed by atoms with Crippen LogP contribution in [0.2, 0.25) is 0 Å². The van der Waals surface area contributed by atoms with Gasteiger partial charge in [0.2, 0.25) is 11.8 Å². The number of rotatable bonds is 7. The lowest BCUT2D eigenvalue weighted by Gasteiger charge is -2.25. The zero-order valence-electron chi connectivity index (χ0n) is 14.7. The Morgan fingerprint density at radius 3 is 2.88 bits per heavy atom.